The van der Waals surface area contributed by atoms with Crippen LogP contribution < -0.4 is 4.31 Å². The number of rotatable bonds is 1. The summed E-state index contributed by atoms with van der Waals surface area (Å²) in [6.07, 6.45) is 4.48. The van der Waals surface area contributed by atoms with Crippen LogP contribution in [0, 0.1) is 0 Å². The lowest BCUT2D eigenvalue weighted by atomic mass is 10.2. The van der Waals surface area contributed by atoms with Gasteiger partial charge in [-0.15, -0.1) is 0 Å². The number of hydrogen-bond acceptors (Lipinski definition) is 2. The largest absolute Gasteiger partial charge is 0.291 e. The first-order chi connectivity index (χ1) is 6.18. The van der Waals surface area contributed by atoms with Crippen LogP contribution in [0.5, 0.6) is 0 Å². The Morgan fingerprint density at radius 3 is 3.15 bits per heavy atom. The van der Waals surface area contributed by atoms with Crippen molar-refractivity contribution in [1.82, 2.24) is 4.98 Å². The van der Waals surface area contributed by atoms with Crippen LogP contribution >= 0.6 is 15.9 Å². The van der Waals surface area contributed by atoms with Gasteiger partial charge in [0.25, 0.3) is 0 Å². The SMILES string of the molecule is CS(=O)N1CCc2cnc(Br)cc21. The molecule has 1 aliphatic rings. The Morgan fingerprint density at radius 1 is 1.69 bits per heavy atom. The molecular formula is C8H9BrN2OS. The van der Waals surface area contributed by atoms with Crippen molar-refractivity contribution in [2.45, 2.75) is 6.42 Å². The molecule has 0 saturated heterocycles. The van der Waals surface area contributed by atoms with Crippen molar-refractivity contribution in [1.29, 1.82) is 0 Å². The highest BCUT2D eigenvalue weighted by Gasteiger charge is 2.21. The minimum atomic E-state index is -0.926. The van der Waals surface area contributed by atoms with Gasteiger partial charge in [-0.3, -0.25) is 4.31 Å². The fraction of sp³-hybridized carbons (Fsp3) is 0.375. The van der Waals surface area contributed by atoms with Crippen molar-refractivity contribution >= 4 is 32.6 Å². The van der Waals surface area contributed by atoms with Crippen LogP contribution in [0.1, 0.15) is 5.56 Å². The van der Waals surface area contributed by atoms with Crippen LogP contribution in [0.2, 0.25) is 0 Å². The lowest BCUT2D eigenvalue weighted by Crippen LogP contribution is -2.21. The second-order valence-electron chi connectivity index (χ2n) is 2.91. The van der Waals surface area contributed by atoms with Gasteiger partial charge in [0.05, 0.1) is 5.69 Å². The van der Waals surface area contributed by atoms with Crippen LogP contribution in [0.15, 0.2) is 16.9 Å². The molecule has 0 aromatic carbocycles. The lowest BCUT2D eigenvalue weighted by molar-refractivity contribution is 0.684. The van der Waals surface area contributed by atoms with E-state index < -0.39 is 11.0 Å². The predicted molar refractivity (Wildman–Crippen MR) is 57.1 cm³/mol. The summed E-state index contributed by atoms with van der Waals surface area (Å²) >= 11 is 3.30. The van der Waals surface area contributed by atoms with Gasteiger partial charge in [0.15, 0.2) is 0 Å². The summed E-state index contributed by atoms with van der Waals surface area (Å²) in [5.74, 6) is 0. The first-order valence-corrected chi connectivity index (χ1v) is 6.25. The Kier molecular flexibility index (Phi) is 2.38. The average Bonchev–Trinajstić information content (AvgIpc) is 2.46. The van der Waals surface area contributed by atoms with E-state index >= 15 is 0 Å². The molecule has 2 rings (SSSR count). The molecule has 2 heterocycles. The van der Waals surface area contributed by atoms with E-state index in [0.29, 0.717) is 0 Å². The molecule has 0 radical (unpaired) electrons. The van der Waals surface area contributed by atoms with Gasteiger partial charge in [-0.05, 0) is 34.0 Å². The first-order valence-electron chi connectivity index (χ1n) is 3.94. The summed E-state index contributed by atoms with van der Waals surface area (Å²) in [4.78, 5) is 4.14. The van der Waals surface area contributed by atoms with Crippen molar-refractivity contribution in [3.8, 4) is 0 Å². The monoisotopic (exact) mass is 260 g/mol. The van der Waals surface area contributed by atoms with E-state index in [1.165, 1.54) is 5.56 Å². The second kappa shape index (κ2) is 3.38. The van der Waals surface area contributed by atoms with E-state index in [1.807, 2.05) is 16.6 Å². The van der Waals surface area contributed by atoms with Crippen molar-refractivity contribution in [2.24, 2.45) is 0 Å². The minimum Gasteiger partial charge on any atom is -0.291 e. The number of anilines is 1. The highest BCUT2D eigenvalue weighted by atomic mass is 79.9. The summed E-state index contributed by atoms with van der Waals surface area (Å²) in [5.41, 5.74) is 2.22. The van der Waals surface area contributed by atoms with E-state index in [0.717, 1.165) is 23.3 Å². The third kappa shape index (κ3) is 1.62. The van der Waals surface area contributed by atoms with Crippen LogP contribution in [0.3, 0.4) is 0 Å². The smallest absolute Gasteiger partial charge is 0.116 e. The lowest BCUT2D eigenvalue weighted by Gasteiger charge is -2.14. The number of fused-ring (bicyclic) bond motifs is 1. The number of pyridine rings is 1. The molecule has 0 fully saturated rings. The molecule has 0 saturated carbocycles. The molecule has 0 spiro atoms. The van der Waals surface area contributed by atoms with Gasteiger partial charge < -0.3 is 0 Å². The Hall–Kier alpha value is -0.420. The molecule has 70 valence electrons. The Morgan fingerprint density at radius 2 is 2.46 bits per heavy atom. The van der Waals surface area contributed by atoms with E-state index in [9.17, 15) is 4.21 Å². The van der Waals surface area contributed by atoms with Gasteiger partial charge in [0.2, 0.25) is 0 Å². The zero-order chi connectivity index (χ0) is 9.42. The first kappa shape index (κ1) is 9.15. The van der Waals surface area contributed by atoms with Gasteiger partial charge in [0.1, 0.15) is 15.6 Å². The van der Waals surface area contributed by atoms with Gasteiger partial charge in [-0.25, -0.2) is 9.19 Å². The molecule has 1 unspecified atom stereocenters. The molecule has 5 heteroatoms. The molecule has 1 aliphatic heterocycles. The maximum atomic E-state index is 11.3. The number of hydrogen-bond donors (Lipinski definition) is 0. The second-order valence-corrected chi connectivity index (χ2v) is 5.01. The number of aromatic nitrogens is 1. The van der Waals surface area contributed by atoms with Gasteiger partial charge >= 0.3 is 0 Å². The predicted octanol–water partition coefficient (Wildman–Crippen LogP) is 1.50. The molecule has 0 aliphatic carbocycles. The van der Waals surface area contributed by atoms with E-state index in [2.05, 4.69) is 20.9 Å². The Bertz CT molecular complexity index is 369. The van der Waals surface area contributed by atoms with Gasteiger partial charge in [-0.2, -0.15) is 0 Å². The van der Waals surface area contributed by atoms with Crippen LogP contribution in [0.25, 0.3) is 0 Å². The Labute approximate surface area is 87.9 Å². The molecule has 3 nitrogen and oxygen atoms in total. The normalized spacial score (nSPS) is 17.2. The number of halogens is 1. The maximum absolute atomic E-state index is 11.3. The fourth-order valence-corrected chi connectivity index (χ4v) is 2.60. The standard InChI is InChI=1S/C8H9BrN2OS/c1-13(12)11-3-2-6-5-10-8(9)4-7(6)11/h4-5H,2-3H2,1H3. The molecule has 0 N–H and O–H groups in total. The number of nitrogens with zero attached hydrogens (tertiary/aromatic N) is 2. The third-order valence-electron chi connectivity index (χ3n) is 2.09. The molecular weight excluding hydrogens is 252 g/mol. The highest BCUT2D eigenvalue weighted by molar-refractivity contribution is 9.10. The maximum Gasteiger partial charge on any atom is 0.116 e. The van der Waals surface area contributed by atoms with Crippen LogP contribution in [-0.4, -0.2) is 22.0 Å². The summed E-state index contributed by atoms with van der Waals surface area (Å²) in [7, 11) is -0.926. The summed E-state index contributed by atoms with van der Waals surface area (Å²) in [5, 5.41) is 0. The Balaban J connectivity index is 2.46. The molecule has 1 aromatic heterocycles. The quantitative estimate of drug-likeness (QED) is 0.718. The van der Waals surface area contributed by atoms with Crippen molar-refractivity contribution in [3.05, 3.63) is 22.4 Å². The van der Waals surface area contributed by atoms with E-state index in [4.69, 9.17) is 0 Å². The fourth-order valence-electron chi connectivity index (χ4n) is 1.48. The van der Waals surface area contributed by atoms with Crippen molar-refractivity contribution in [3.63, 3.8) is 0 Å². The van der Waals surface area contributed by atoms with Gasteiger partial charge in [0, 0.05) is 19.0 Å². The van der Waals surface area contributed by atoms with E-state index in [1.54, 1.807) is 6.26 Å². The molecule has 0 bridgehead atoms. The summed E-state index contributed by atoms with van der Waals surface area (Å²) < 4.78 is 14.0. The molecule has 0 amide bonds. The molecule has 13 heavy (non-hydrogen) atoms. The third-order valence-corrected chi connectivity index (χ3v) is 3.53. The average molecular weight is 261 g/mol. The zero-order valence-corrected chi connectivity index (χ0v) is 9.56. The van der Waals surface area contributed by atoms with Crippen LogP contribution in [-0.2, 0) is 17.4 Å². The van der Waals surface area contributed by atoms with Crippen molar-refractivity contribution < 1.29 is 4.21 Å². The minimum absolute atomic E-state index is 0.795. The van der Waals surface area contributed by atoms with E-state index in [-0.39, 0.29) is 0 Å². The molecule has 1 aromatic rings. The van der Waals surface area contributed by atoms with Crippen molar-refractivity contribution in [2.75, 3.05) is 17.1 Å². The van der Waals surface area contributed by atoms with Gasteiger partial charge in [-0.1, -0.05) is 0 Å². The highest BCUT2D eigenvalue weighted by Crippen LogP contribution is 2.29. The topological polar surface area (TPSA) is 33.2 Å². The summed E-state index contributed by atoms with van der Waals surface area (Å²) in [6.45, 7) is 0.830. The summed E-state index contributed by atoms with van der Waals surface area (Å²) in [6, 6.07) is 1.92. The zero-order valence-electron chi connectivity index (χ0n) is 7.16. The van der Waals surface area contributed by atoms with Crippen LogP contribution in [0.4, 0.5) is 5.69 Å². The molecule has 1 atom stereocenters.